The van der Waals surface area contributed by atoms with Crippen molar-refractivity contribution < 1.29 is 0 Å². The fourth-order valence-electron chi connectivity index (χ4n) is 0. The minimum Gasteiger partial charge on any atom is -0.289 e. The van der Waals surface area contributed by atoms with Gasteiger partial charge in [-0.15, -0.1) is 0 Å². The summed E-state index contributed by atoms with van der Waals surface area (Å²) in [6.45, 7) is 0. The van der Waals surface area contributed by atoms with E-state index in [-0.39, 0.29) is 0 Å². The number of nitrogens with zero attached hydrogens (tertiary/aromatic N) is 1. The second-order valence-electron chi connectivity index (χ2n) is 1.04. The maximum atomic E-state index is 7.78. The van der Waals surface area contributed by atoms with Gasteiger partial charge in [0, 0.05) is 0 Å². The molecule has 0 amide bonds. The van der Waals surface area contributed by atoms with Crippen LogP contribution in [0.15, 0.2) is 0 Å². The second kappa shape index (κ2) is 1.22. The van der Waals surface area contributed by atoms with E-state index in [1.165, 1.54) is 6.07 Å². The lowest BCUT2D eigenvalue weighted by Gasteiger charge is -2.03. The molecule has 0 saturated carbocycles. The van der Waals surface area contributed by atoms with Crippen molar-refractivity contribution in [3.63, 3.8) is 0 Å². The van der Waals surface area contributed by atoms with Crippen LogP contribution in [0.3, 0.4) is 0 Å². The van der Waals surface area contributed by atoms with Crippen molar-refractivity contribution >= 4 is 0 Å². The van der Waals surface area contributed by atoms with Crippen LogP contribution < -0.4 is 17.2 Å². The van der Waals surface area contributed by atoms with Gasteiger partial charge in [0.1, 0.15) is 6.07 Å². The molecular weight excluding hydrogens is 80.0 g/mol. The van der Waals surface area contributed by atoms with E-state index in [0.29, 0.717) is 0 Å². The lowest BCUT2D eigenvalue weighted by atomic mass is 10.5. The van der Waals surface area contributed by atoms with E-state index in [2.05, 4.69) is 0 Å². The summed E-state index contributed by atoms with van der Waals surface area (Å²) in [5.74, 6) is -1.65. The summed E-state index contributed by atoms with van der Waals surface area (Å²) >= 11 is 0. The highest BCUT2D eigenvalue weighted by molar-refractivity contribution is 4.93. The minimum atomic E-state index is -1.65. The first-order chi connectivity index (χ1) is 2.56. The van der Waals surface area contributed by atoms with Gasteiger partial charge in [-0.2, -0.15) is 5.26 Å². The molecule has 0 aliphatic heterocycles. The third-order valence-electron chi connectivity index (χ3n) is 0.194. The quantitative estimate of drug-likeness (QED) is 0.298. The second-order valence-corrected chi connectivity index (χ2v) is 1.04. The van der Waals surface area contributed by atoms with Crippen molar-refractivity contribution in [1.82, 2.24) is 0 Å². The zero-order valence-corrected chi connectivity index (χ0v) is 3.18. The monoisotopic (exact) mass is 86.1 g/mol. The van der Waals surface area contributed by atoms with Crippen LogP contribution in [0.1, 0.15) is 0 Å². The molecule has 0 aromatic carbocycles. The van der Waals surface area contributed by atoms with Gasteiger partial charge in [0.2, 0.25) is 5.79 Å². The Balaban J connectivity index is 3.55. The highest BCUT2D eigenvalue weighted by atomic mass is 15.1. The Hall–Kier alpha value is -0.630. The minimum absolute atomic E-state index is 1.44. The Morgan fingerprint density at radius 2 is 1.50 bits per heavy atom. The largest absolute Gasteiger partial charge is 0.289 e. The van der Waals surface area contributed by atoms with E-state index in [1.807, 2.05) is 0 Å². The maximum absolute atomic E-state index is 7.78. The molecule has 0 atom stereocenters. The molecule has 0 unspecified atom stereocenters. The van der Waals surface area contributed by atoms with Crippen LogP contribution in [-0.2, 0) is 0 Å². The Morgan fingerprint density at radius 1 is 1.33 bits per heavy atom. The summed E-state index contributed by atoms with van der Waals surface area (Å²) < 4.78 is 0. The molecule has 0 fully saturated rings. The molecule has 6 heavy (non-hydrogen) atoms. The first kappa shape index (κ1) is 5.37. The predicted molar refractivity (Wildman–Crippen MR) is 20.9 cm³/mol. The standard InChI is InChI=1S/C2H6N4/c3-1-2(4,5)6/h4-6H2. The summed E-state index contributed by atoms with van der Waals surface area (Å²) in [6, 6.07) is 1.44. The van der Waals surface area contributed by atoms with Crippen LogP contribution in [0.4, 0.5) is 0 Å². The van der Waals surface area contributed by atoms with E-state index in [0.717, 1.165) is 0 Å². The van der Waals surface area contributed by atoms with Crippen LogP contribution in [0.25, 0.3) is 0 Å². The normalized spacial score (nSPS) is 10.3. The average Bonchev–Trinajstić information content (AvgIpc) is 1.35. The summed E-state index contributed by atoms with van der Waals surface area (Å²) in [4.78, 5) is 0. The maximum Gasteiger partial charge on any atom is 0.207 e. The predicted octanol–water partition coefficient (Wildman–Crippen LogP) is -1.96. The lowest BCUT2D eigenvalue weighted by Crippen LogP contribution is -2.56. The molecule has 0 saturated heterocycles. The molecule has 0 aromatic rings. The molecule has 0 heterocycles. The Morgan fingerprint density at radius 3 is 1.50 bits per heavy atom. The first-order valence-electron chi connectivity index (χ1n) is 1.34. The number of nitriles is 1. The van der Waals surface area contributed by atoms with Gasteiger partial charge in [0.15, 0.2) is 0 Å². The fraction of sp³-hybridized carbons (Fsp3) is 0.500. The van der Waals surface area contributed by atoms with Crippen LogP contribution in [-0.4, -0.2) is 5.79 Å². The molecule has 34 valence electrons. The summed E-state index contributed by atoms with van der Waals surface area (Å²) in [5.41, 5.74) is 14.2. The molecule has 4 nitrogen and oxygen atoms in total. The van der Waals surface area contributed by atoms with Crippen LogP contribution >= 0.6 is 0 Å². The number of hydrogen-bond donors (Lipinski definition) is 3. The van der Waals surface area contributed by atoms with Gasteiger partial charge in [-0.3, -0.25) is 17.2 Å². The molecule has 4 heteroatoms. The summed E-state index contributed by atoms with van der Waals surface area (Å²) in [7, 11) is 0. The molecule has 0 rings (SSSR count). The van der Waals surface area contributed by atoms with Crippen LogP contribution in [0.5, 0.6) is 0 Å². The average molecular weight is 86.1 g/mol. The molecule has 0 aromatic heterocycles. The van der Waals surface area contributed by atoms with E-state index in [1.54, 1.807) is 0 Å². The highest BCUT2D eigenvalue weighted by Gasteiger charge is 2.05. The zero-order chi connectivity index (χ0) is 5.21. The third-order valence-corrected chi connectivity index (χ3v) is 0.194. The van der Waals surface area contributed by atoms with E-state index in [9.17, 15) is 0 Å². The van der Waals surface area contributed by atoms with E-state index >= 15 is 0 Å². The van der Waals surface area contributed by atoms with Gasteiger partial charge in [0.05, 0.1) is 0 Å². The van der Waals surface area contributed by atoms with Gasteiger partial charge < -0.3 is 0 Å². The van der Waals surface area contributed by atoms with Gasteiger partial charge in [-0.25, -0.2) is 0 Å². The fourth-order valence-corrected chi connectivity index (χ4v) is 0. The topological polar surface area (TPSA) is 102 Å². The van der Waals surface area contributed by atoms with Crippen molar-refractivity contribution in [3.8, 4) is 6.07 Å². The van der Waals surface area contributed by atoms with Gasteiger partial charge in [-0.1, -0.05) is 0 Å². The first-order valence-corrected chi connectivity index (χ1v) is 1.34. The molecule has 0 aliphatic rings. The number of nitrogens with two attached hydrogens (primary N) is 3. The number of rotatable bonds is 0. The van der Waals surface area contributed by atoms with Crippen molar-refractivity contribution in [2.75, 3.05) is 0 Å². The van der Waals surface area contributed by atoms with Crippen molar-refractivity contribution in [2.45, 2.75) is 5.79 Å². The number of hydrogen-bond acceptors (Lipinski definition) is 4. The Labute approximate surface area is 35.5 Å². The lowest BCUT2D eigenvalue weighted by molar-refractivity contribution is 0.598. The third kappa shape index (κ3) is 3.37. The Kier molecular flexibility index (Phi) is 1.09. The van der Waals surface area contributed by atoms with Gasteiger partial charge >= 0.3 is 0 Å². The van der Waals surface area contributed by atoms with Crippen molar-refractivity contribution in [2.24, 2.45) is 17.2 Å². The van der Waals surface area contributed by atoms with Crippen LogP contribution in [0, 0.1) is 11.3 Å². The summed E-state index contributed by atoms with van der Waals surface area (Å²) in [6.07, 6.45) is 0. The van der Waals surface area contributed by atoms with Crippen molar-refractivity contribution in [1.29, 1.82) is 5.26 Å². The molecule has 0 bridgehead atoms. The van der Waals surface area contributed by atoms with Gasteiger partial charge in [0.25, 0.3) is 0 Å². The molecule has 0 spiro atoms. The molecule has 0 aliphatic carbocycles. The SMILES string of the molecule is N#CC(N)(N)N. The van der Waals surface area contributed by atoms with Gasteiger partial charge in [-0.05, 0) is 0 Å². The van der Waals surface area contributed by atoms with E-state index in [4.69, 9.17) is 22.5 Å². The van der Waals surface area contributed by atoms with Crippen molar-refractivity contribution in [3.05, 3.63) is 0 Å². The van der Waals surface area contributed by atoms with E-state index < -0.39 is 5.79 Å². The highest BCUT2D eigenvalue weighted by Crippen LogP contribution is 1.63. The van der Waals surface area contributed by atoms with Crippen LogP contribution in [0.2, 0.25) is 0 Å². The molecule has 6 N–H and O–H groups in total. The molecular formula is C2H6N4. The molecule has 0 radical (unpaired) electrons. The smallest absolute Gasteiger partial charge is 0.207 e. The zero-order valence-electron chi connectivity index (χ0n) is 3.18. The Bertz CT molecular complexity index is 72.5. The summed E-state index contributed by atoms with van der Waals surface area (Å²) in [5, 5.41) is 7.78.